The Kier molecular flexibility index (Phi) is 18.9. The summed E-state index contributed by atoms with van der Waals surface area (Å²) < 4.78 is 0. The highest BCUT2D eigenvalue weighted by atomic mass is 14.0. The van der Waals surface area contributed by atoms with Crippen LogP contribution in [0.1, 0.15) is 74.9 Å². The van der Waals surface area contributed by atoms with Gasteiger partial charge in [0.15, 0.2) is 0 Å². The van der Waals surface area contributed by atoms with E-state index < -0.39 is 0 Å². The minimum absolute atomic E-state index is 1.03. The second kappa shape index (κ2) is 19.0. The van der Waals surface area contributed by atoms with E-state index in [1.807, 2.05) is 41.5 Å². The first-order valence-electron chi connectivity index (χ1n) is 11.2. The maximum atomic E-state index is 2.20. The molecule has 0 spiro atoms. The molecule has 0 amide bonds. The predicted octanol–water partition coefficient (Wildman–Crippen LogP) is 9.28. The van der Waals surface area contributed by atoms with Crippen LogP contribution in [0, 0.1) is 27.7 Å². The molecule has 0 saturated heterocycles. The molecule has 0 fully saturated rings. The normalized spacial score (nSPS) is 8.48. The Morgan fingerprint density at radius 3 is 0.724 bits per heavy atom. The highest BCUT2D eigenvalue weighted by Gasteiger charge is 1.95. The van der Waals surface area contributed by atoms with Gasteiger partial charge in [-0.3, -0.25) is 0 Å². The fourth-order valence-electron chi connectivity index (χ4n) is 2.28. The van der Waals surface area contributed by atoms with Crippen molar-refractivity contribution in [3.05, 3.63) is 106 Å². The lowest BCUT2D eigenvalue weighted by Gasteiger charge is -2.03. The van der Waals surface area contributed by atoms with Gasteiger partial charge in [-0.1, -0.05) is 137 Å². The first-order chi connectivity index (χ1) is 14.0. The lowest BCUT2D eigenvalue weighted by atomic mass is 10.0. The van der Waals surface area contributed by atoms with E-state index in [0.29, 0.717) is 0 Å². The molecule has 0 unspecified atom stereocenters. The van der Waals surface area contributed by atoms with Crippen molar-refractivity contribution in [1.29, 1.82) is 0 Å². The van der Waals surface area contributed by atoms with Crippen molar-refractivity contribution < 1.29 is 0 Å². The molecule has 3 aromatic carbocycles. The summed E-state index contributed by atoms with van der Waals surface area (Å²) in [4.78, 5) is 0. The van der Waals surface area contributed by atoms with Crippen molar-refractivity contribution in [2.75, 3.05) is 0 Å². The van der Waals surface area contributed by atoms with Crippen LogP contribution in [0.15, 0.2) is 72.8 Å². The number of hydrogen-bond acceptors (Lipinski definition) is 0. The van der Waals surface area contributed by atoms with Crippen LogP contribution in [-0.2, 0) is 6.42 Å². The van der Waals surface area contributed by atoms with Crippen molar-refractivity contribution in [2.24, 2.45) is 0 Å². The van der Waals surface area contributed by atoms with E-state index in [1.165, 1.54) is 33.4 Å². The van der Waals surface area contributed by atoms with Crippen molar-refractivity contribution in [3.8, 4) is 0 Å². The van der Waals surface area contributed by atoms with Crippen molar-refractivity contribution in [1.82, 2.24) is 0 Å². The average Bonchev–Trinajstić information content (AvgIpc) is 2.78. The summed E-state index contributed by atoms with van der Waals surface area (Å²) in [6.45, 7) is 20.4. The summed E-state index contributed by atoms with van der Waals surface area (Å²) in [7, 11) is 0. The van der Waals surface area contributed by atoms with Gasteiger partial charge in [0, 0.05) is 0 Å². The molecule has 0 aliphatic rings. The first kappa shape index (κ1) is 28.9. The summed E-state index contributed by atoms with van der Waals surface area (Å²) in [5.41, 5.74) is 8.06. The summed E-state index contributed by atoms with van der Waals surface area (Å²) in [5.74, 6) is 0. The van der Waals surface area contributed by atoms with Crippen LogP contribution in [0.4, 0.5) is 0 Å². The summed E-state index contributed by atoms with van der Waals surface area (Å²) in [6.07, 6.45) is 1.03. The number of rotatable bonds is 2. The molecule has 0 N–H and O–H groups in total. The van der Waals surface area contributed by atoms with Crippen LogP contribution in [0.25, 0.3) is 0 Å². The molecule has 0 aliphatic heterocycles. The van der Waals surface area contributed by atoms with Crippen LogP contribution in [0.2, 0.25) is 0 Å². The van der Waals surface area contributed by atoms with E-state index in [2.05, 4.69) is 100 Å². The van der Waals surface area contributed by atoms with Crippen molar-refractivity contribution in [2.45, 2.75) is 75.7 Å². The Morgan fingerprint density at radius 2 is 0.517 bits per heavy atom. The van der Waals surface area contributed by atoms with Gasteiger partial charge in [-0.15, -0.1) is 0 Å². The Balaban J connectivity index is 0. The maximum absolute atomic E-state index is 2.20. The largest absolute Gasteiger partial charge is 0.0683 e. The van der Waals surface area contributed by atoms with Gasteiger partial charge in [-0.25, -0.2) is 0 Å². The molecule has 0 nitrogen and oxygen atoms in total. The minimum atomic E-state index is 1.03. The molecule has 0 heteroatoms. The zero-order valence-electron chi connectivity index (χ0n) is 20.6. The highest BCUT2D eigenvalue weighted by Crippen LogP contribution is 2.11. The van der Waals surface area contributed by atoms with Crippen LogP contribution < -0.4 is 0 Å². The molecule has 0 saturated carbocycles. The fraction of sp³-hybridized carbons (Fsp3) is 0.379. The number of hydrogen-bond donors (Lipinski definition) is 0. The van der Waals surface area contributed by atoms with Crippen LogP contribution in [-0.4, -0.2) is 0 Å². The van der Waals surface area contributed by atoms with E-state index in [1.54, 1.807) is 0 Å². The fourth-order valence-corrected chi connectivity index (χ4v) is 2.28. The van der Waals surface area contributed by atoms with Gasteiger partial charge < -0.3 is 0 Å². The molecule has 0 heterocycles. The maximum Gasteiger partial charge on any atom is -0.00258 e. The predicted molar refractivity (Wildman–Crippen MR) is 135 cm³/mol. The molecule has 0 aliphatic carbocycles. The minimum Gasteiger partial charge on any atom is -0.0683 e. The molecule has 0 radical (unpaired) electrons. The van der Waals surface area contributed by atoms with Gasteiger partial charge in [0.2, 0.25) is 0 Å². The lowest BCUT2D eigenvalue weighted by Crippen LogP contribution is -1.88. The van der Waals surface area contributed by atoms with Crippen LogP contribution in [0.3, 0.4) is 0 Å². The van der Waals surface area contributed by atoms with Gasteiger partial charge >= 0.3 is 0 Å². The molecule has 0 bridgehead atoms. The Labute approximate surface area is 182 Å². The Hall–Kier alpha value is -2.34. The standard InChI is InChI=1S/C15H16.C8H10.3C2H6/c1-12-3-7-14(8-4-12)11-15-9-5-13(2)6-10-15;1-7-3-5-8(2)6-4-7;3*1-2/h3-10H,11H2,1-2H3;3-6H,1-2H3;3*1-2H3. The molecule has 29 heavy (non-hydrogen) atoms. The smallest absolute Gasteiger partial charge is 0.00258 e. The van der Waals surface area contributed by atoms with Gasteiger partial charge in [0.05, 0.1) is 0 Å². The summed E-state index contributed by atoms with van der Waals surface area (Å²) in [5, 5.41) is 0. The van der Waals surface area contributed by atoms with E-state index in [9.17, 15) is 0 Å². The number of benzene rings is 3. The molecular weight excluding hydrogens is 348 g/mol. The molecule has 160 valence electrons. The highest BCUT2D eigenvalue weighted by molar-refractivity contribution is 5.29. The number of aryl methyl sites for hydroxylation is 4. The molecule has 3 aromatic rings. The van der Waals surface area contributed by atoms with Gasteiger partial charge in [0.25, 0.3) is 0 Å². The van der Waals surface area contributed by atoms with Crippen LogP contribution in [0.5, 0.6) is 0 Å². The zero-order chi connectivity index (χ0) is 22.7. The molecular formula is C29H44. The SMILES string of the molecule is CC.CC.CC.Cc1ccc(C)cc1.Cc1ccc(Cc2ccc(C)cc2)cc1. The second-order valence-corrected chi connectivity index (χ2v) is 6.30. The van der Waals surface area contributed by atoms with E-state index in [4.69, 9.17) is 0 Å². The topological polar surface area (TPSA) is 0 Å². The Bertz CT molecular complexity index is 637. The average molecular weight is 393 g/mol. The third-order valence-corrected chi connectivity index (χ3v) is 3.87. The Morgan fingerprint density at radius 1 is 0.345 bits per heavy atom. The third kappa shape index (κ3) is 14.3. The monoisotopic (exact) mass is 392 g/mol. The molecule has 3 rings (SSSR count). The lowest BCUT2D eigenvalue weighted by molar-refractivity contribution is 1.18. The molecule has 0 atom stereocenters. The van der Waals surface area contributed by atoms with Crippen LogP contribution >= 0.6 is 0 Å². The van der Waals surface area contributed by atoms with Gasteiger partial charge in [-0.2, -0.15) is 0 Å². The van der Waals surface area contributed by atoms with Gasteiger partial charge in [-0.05, 0) is 45.2 Å². The summed E-state index contributed by atoms with van der Waals surface area (Å²) >= 11 is 0. The first-order valence-corrected chi connectivity index (χ1v) is 11.2. The zero-order valence-corrected chi connectivity index (χ0v) is 20.6. The molecule has 0 aromatic heterocycles. The summed E-state index contributed by atoms with van der Waals surface area (Å²) in [6, 6.07) is 26.0. The quantitative estimate of drug-likeness (QED) is 0.407. The van der Waals surface area contributed by atoms with Gasteiger partial charge in [0.1, 0.15) is 0 Å². The van der Waals surface area contributed by atoms with Crippen molar-refractivity contribution in [3.63, 3.8) is 0 Å². The third-order valence-electron chi connectivity index (χ3n) is 3.87. The van der Waals surface area contributed by atoms with E-state index >= 15 is 0 Å². The van der Waals surface area contributed by atoms with E-state index in [0.717, 1.165) is 6.42 Å². The van der Waals surface area contributed by atoms with Crippen molar-refractivity contribution >= 4 is 0 Å². The van der Waals surface area contributed by atoms with E-state index in [-0.39, 0.29) is 0 Å². The second-order valence-electron chi connectivity index (χ2n) is 6.30.